The summed E-state index contributed by atoms with van der Waals surface area (Å²) in [5, 5.41) is 9.41. The van der Waals surface area contributed by atoms with E-state index in [2.05, 4.69) is 25.7 Å². The standard InChI is InChI=1S/C13H19NO2Si/c1-13(10-14,16-17(3,4)5)11-8-6-7-9-12(11)15-2/h6-9H,1-5H3/t13-/m1/s1. The van der Waals surface area contributed by atoms with Gasteiger partial charge in [0, 0.05) is 5.56 Å². The quantitative estimate of drug-likeness (QED) is 0.769. The van der Waals surface area contributed by atoms with Gasteiger partial charge in [0.15, 0.2) is 13.9 Å². The predicted octanol–water partition coefficient (Wildman–Crippen LogP) is 3.29. The first-order chi connectivity index (χ1) is 7.82. The van der Waals surface area contributed by atoms with Crippen molar-refractivity contribution >= 4 is 8.32 Å². The van der Waals surface area contributed by atoms with E-state index in [0.717, 1.165) is 5.56 Å². The van der Waals surface area contributed by atoms with E-state index >= 15 is 0 Å². The predicted molar refractivity (Wildman–Crippen MR) is 70.4 cm³/mol. The van der Waals surface area contributed by atoms with Crippen molar-refractivity contribution in [2.75, 3.05) is 7.11 Å². The van der Waals surface area contributed by atoms with E-state index in [1.807, 2.05) is 24.3 Å². The van der Waals surface area contributed by atoms with Crippen molar-refractivity contribution in [2.45, 2.75) is 32.2 Å². The Balaban J connectivity index is 3.22. The number of nitrogens with zero attached hydrogens (tertiary/aromatic N) is 1. The highest BCUT2D eigenvalue weighted by atomic mass is 28.4. The van der Waals surface area contributed by atoms with Crippen LogP contribution in [0.4, 0.5) is 0 Å². The zero-order chi connectivity index (χ0) is 13.1. The van der Waals surface area contributed by atoms with Crippen LogP contribution in [-0.2, 0) is 10.0 Å². The Morgan fingerprint density at radius 2 is 1.82 bits per heavy atom. The molecule has 0 aliphatic carbocycles. The monoisotopic (exact) mass is 249 g/mol. The summed E-state index contributed by atoms with van der Waals surface area (Å²) in [4.78, 5) is 0. The van der Waals surface area contributed by atoms with E-state index in [0.29, 0.717) is 5.75 Å². The minimum Gasteiger partial charge on any atom is -0.496 e. The fraction of sp³-hybridized carbons (Fsp3) is 0.462. The molecule has 0 aromatic heterocycles. The van der Waals surface area contributed by atoms with Crippen LogP contribution in [0.3, 0.4) is 0 Å². The number of nitriles is 1. The molecule has 0 radical (unpaired) electrons. The first kappa shape index (κ1) is 13.8. The smallest absolute Gasteiger partial charge is 0.186 e. The van der Waals surface area contributed by atoms with Crippen LogP contribution in [0.5, 0.6) is 5.75 Å². The maximum absolute atomic E-state index is 9.41. The van der Waals surface area contributed by atoms with E-state index in [9.17, 15) is 5.26 Å². The lowest BCUT2D eigenvalue weighted by Gasteiger charge is -2.31. The summed E-state index contributed by atoms with van der Waals surface area (Å²) in [7, 11) is -0.208. The Kier molecular flexibility index (Phi) is 3.97. The van der Waals surface area contributed by atoms with Gasteiger partial charge < -0.3 is 9.16 Å². The van der Waals surface area contributed by atoms with Crippen molar-refractivity contribution in [2.24, 2.45) is 0 Å². The molecule has 1 atom stereocenters. The maximum atomic E-state index is 9.41. The molecule has 0 saturated carbocycles. The summed E-state index contributed by atoms with van der Waals surface area (Å²) in [5.74, 6) is 0.690. The van der Waals surface area contributed by atoms with E-state index < -0.39 is 13.9 Å². The molecule has 17 heavy (non-hydrogen) atoms. The molecule has 0 bridgehead atoms. The van der Waals surface area contributed by atoms with Crippen molar-refractivity contribution in [3.63, 3.8) is 0 Å². The average molecular weight is 249 g/mol. The second-order valence-electron chi connectivity index (χ2n) is 5.06. The normalized spacial score (nSPS) is 14.8. The van der Waals surface area contributed by atoms with Gasteiger partial charge in [0.2, 0.25) is 0 Å². The van der Waals surface area contributed by atoms with Crippen LogP contribution in [0.2, 0.25) is 19.6 Å². The molecular formula is C13H19NO2Si. The van der Waals surface area contributed by atoms with Gasteiger partial charge in [-0.25, -0.2) is 0 Å². The van der Waals surface area contributed by atoms with E-state index in [1.54, 1.807) is 14.0 Å². The first-order valence-electron chi connectivity index (χ1n) is 5.57. The Labute approximate surface area is 104 Å². The highest BCUT2D eigenvalue weighted by Gasteiger charge is 2.35. The lowest BCUT2D eigenvalue weighted by atomic mass is 9.97. The minimum absolute atomic E-state index is 0.690. The van der Waals surface area contributed by atoms with Gasteiger partial charge in [-0.15, -0.1) is 0 Å². The molecule has 1 rings (SSSR count). The van der Waals surface area contributed by atoms with E-state index in [4.69, 9.17) is 9.16 Å². The summed E-state index contributed by atoms with van der Waals surface area (Å²) in [6, 6.07) is 9.75. The molecule has 92 valence electrons. The summed E-state index contributed by atoms with van der Waals surface area (Å²) in [6.07, 6.45) is 0. The van der Waals surface area contributed by atoms with Gasteiger partial charge in [-0.2, -0.15) is 5.26 Å². The summed E-state index contributed by atoms with van der Waals surface area (Å²) in [5.41, 5.74) is -0.163. The van der Waals surface area contributed by atoms with Crippen molar-refractivity contribution in [1.29, 1.82) is 5.26 Å². The van der Waals surface area contributed by atoms with Crippen LogP contribution in [0.25, 0.3) is 0 Å². The van der Waals surface area contributed by atoms with Crippen LogP contribution in [0.15, 0.2) is 24.3 Å². The van der Waals surface area contributed by atoms with Gasteiger partial charge in [-0.3, -0.25) is 0 Å². The zero-order valence-electron chi connectivity index (χ0n) is 11.1. The topological polar surface area (TPSA) is 42.2 Å². The molecule has 0 amide bonds. The van der Waals surface area contributed by atoms with Crippen LogP contribution in [-0.4, -0.2) is 15.4 Å². The Hall–Kier alpha value is -1.31. The first-order valence-corrected chi connectivity index (χ1v) is 8.98. The van der Waals surface area contributed by atoms with Gasteiger partial charge in [-0.05, 0) is 32.6 Å². The molecule has 0 saturated heterocycles. The van der Waals surface area contributed by atoms with Gasteiger partial charge in [-0.1, -0.05) is 18.2 Å². The fourth-order valence-corrected chi connectivity index (χ4v) is 3.17. The average Bonchev–Trinajstić information content (AvgIpc) is 2.26. The lowest BCUT2D eigenvalue weighted by molar-refractivity contribution is 0.137. The Morgan fingerprint density at radius 3 is 2.29 bits per heavy atom. The molecule has 0 N–H and O–H groups in total. The Bertz CT molecular complexity index is 434. The molecule has 0 aliphatic heterocycles. The summed E-state index contributed by atoms with van der Waals surface area (Å²) in [6.45, 7) is 8.00. The molecule has 0 heterocycles. The third-order valence-electron chi connectivity index (χ3n) is 2.34. The van der Waals surface area contributed by atoms with Crippen LogP contribution in [0, 0.1) is 11.3 Å². The summed E-state index contributed by atoms with van der Waals surface area (Å²) < 4.78 is 11.3. The van der Waals surface area contributed by atoms with Gasteiger partial charge in [0.25, 0.3) is 0 Å². The number of rotatable bonds is 4. The number of methoxy groups -OCH3 is 1. The number of hydrogen-bond donors (Lipinski definition) is 0. The van der Waals surface area contributed by atoms with Crippen LogP contribution in [0.1, 0.15) is 12.5 Å². The Morgan fingerprint density at radius 1 is 1.24 bits per heavy atom. The molecule has 1 aromatic rings. The highest BCUT2D eigenvalue weighted by molar-refractivity contribution is 6.69. The SMILES string of the molecule is COc1ccccc1[C@@](C)(C#N)O[Si](C)(C)C. The van der Waals surface area contributed by atoms with E-state index in [1.165, 1.54) is 0 Å². The third kappa shape index (κ3) is 3.32. The van der Waals surface area contributed by atoms with Gasteiger partial charge in [0.1, 0.15) is 11.8 Å². The largest absolute Gasteiger partial charge is 0.496 e. The van der Waals surface area contributed by atoms with Crippen molar-refractivity contribution in [1.82, 2.24) is 0 Å². The zero-order valence-corrected chi connectivity index (χ0v) is 12.1. The molecule has 0 unspecified atom stereocenters. The molecular weight excluding hydrogens is 230 g/mol. The lowest BCUT2D eigenvalue weighted by Crippen LogP contribution is -2.37. The molecule has 3 nitrogen and oxygen atoms in total. The second-order valence-corrected chi connectivity index (χ2v) is 9.49. The number of benzene rings is 1. The number of ether oxygens (including phenoxy) is 1. The highest BCUT2D eigenvalue weighted by Crippen LogP contribution is 2.34. The van der Waals surface area contributed by atoms with Crippen molar-refractivity contribution < 1.29 is 9.16 Å². The molecule has 1 aromatic carbocycles. The number of hydrogen-bond acceptors (Lipinski definition) is 3. The maximum Gasteiger partial charge on any atom is 0.186 e. The van der Waals surface area contributed by atoms with Gasteiger partial charge >= 0.3 is 0 Å². The third-order valence-corrected chi connectivity index (χ3v) is 3.37. The second kappa shape index (κ2) is 4.90. The van der Waals surface area contributed by atoms with Crippen molar-refractivity contribution in [3.05, 3.63) is 29.8 Å². The van der Waals surface area contributed by atoms with Crippen LogP contribution < -0.4 is 4.74 Å². The van der Waals surface area contributed by atoms with Crippen LogP contribution >= 0.6 is 0 Å². The van der Waals surface area contributed by atoms with Crippen molar-refractivity contribution in [3.8, 4) is 11.8 Å². The molecule has 4 heteroatoms. The van der Waals surface area contributed by atoms with E-state index in [-0.39, 0.29) is 0 Å². The molecule has 0 aliphatic rings. The molecule has 0 fully saturated rings. The summed E-state index contributed by atoms with van der Waals surface area (Å²) >= 11 is 0. The number of para-hydroxylation sites is 1. The molecule has 0 spiro atoms. The minimum atomic E-state index is -1.81. The van der Waals surface area contributed by atoms with Gasteiger partial charge in [0.05, 0.1) is 7.11 Å². The fourth-order valence-electron chi connectivity index (χ4n) is 1.79.